The van der Waals surface area contributed by atoms with Gasteiger partial charge in [-0.2, -0.15) is 0 Å². The van der Waals surface area contributed by atoms with Crippen LogP contribution in [0.4, 0.5) is 0 Å². The lowest BCUT2D eigenvalue weighted by Gasteiger charge is -2.13. The Morgan fingerprint density at radius 1 is 1.50 bits per heavy atom. The first-order chi connectivity index (χ1) is 7.43. The van der Waals surface area contributed by atoms with Crippen molar-refractivity contribution in [2.24, 2.45) is 5.73 Å². The Labute approximate surface area is 109 Å². The molecule has 0 aliphatic carbocycles. The molecule has 0 saturated heterocycles. The lowest BCUT2D eigenvalue weighted by atomic mass is 10.2. The first-order valence-electron chi connectivity index (χ1n) is 4.47. The van der Waals surface area contributed by atoms with Crippen molar-refractivity contribution < 1.29 is 4.79 Å². The van der Waals surface area contributed by atoms with Crippen molar-refractivity contribution in [3.63, 3.8) is 0 Å². The molecule has 1 unspecified atom stereocenters. The Bertz CT molecular complexity index is 437. The lowest BCUT2D eigenvalue weighted by Crippen LogP contribution is -2.41. The molecule has 16 heavy (non-hydrogen) atoms. The second-order valence-corrected chi connectivity index (χ2v) is 4.46. The number of carbonyl (C=O) groups is 1. The summed E-state index contributed by atoms with van der Waals surface area (Å²) in [5, 5.41) is 3.17. The van der Waals surface area contributed by atoms with Crippen LogP contribution in [-0.2, 0) is 0 Å². The van der Waals surface area contributed by atoms with E-state index in [1.54, 1.807) is 25.1 Å². The predicted octanol–water partition coefficient (Wildman–Crippen LogP) is 2.40. The van der Waals surface area contributed by atoms with Gasteiger partial charge in [0.1, 0.15) is 0 Å². The summed E-state index contributed by atoms with van der Waals surface area (Å²) in [5.74, 6) is -0.354. The van der Waals surface area contributed by atoms with E-state index in [0.29, 0.717) is 10.6 Å². The Morgan fingerprint density at radius 3 is 2.69 bits per heavy atom. The molecule has 0 aliphatic rings. The number of carbonyl (C=O) groups excluding carboxylic acids is 1. The van der Waals surface area contributed by atoms with Gasteiger partial charge in [-0.3, -0.25) is 4.79 Å². The molecule has 0 spiro atoms. The van der Waals surface area contributed by atoms with E-state index in [1.165, 1.54) is 0 Å². The smallest absolute Gasteiger partial charge is 0.253 e. The fourth-order valence-electron chi connectivity index (χ4n) is 1.02. The molecule has 1 atom stereocenters. The molecular formula is C10H10Cl2N2OS. The maximum Gasteiger partial charge on any atom is 0.253 e. The van der Waals surface area contributed by atoms with Crippen LogP contribution >= 0.6 is 35.4 Å². The Kier molecular flexibility index (Phi) is 4.53. The zero-order valence-electron chi connectivity index (χ0n) is 8.46. The van der Waals surface area contributed by atoms with Crippen molar-refractivity contribution in [2.45, 2.75) is 13.0 Å². The topological polar surface area (TPSA) is 55.1 Å². The molecule has 0 aliphatic heterocycles. The van der Waals surface area contributed by atoms with Crippen LogP contribution in [0.2, 0.25) is 10.0 Å². The third kappa shape index (κ3) is 3.07. The summed E-state index contributed by atoms with van der Waals surface area (Å²) in [4.78, 5) is 12.0. The minimum absolute atomic E-state index is 0.214. The number of hydrogen-bond acceptors (Lipinski definition) is 2. The van der Waals surface area contributed by atoms with Crippen LogP contribution in [0.5, 0.6) is 0 Å². The fourth-order valence-corrected chi connectivity index (χ4v) is 1.47. The maximum atomic E-state index is 11.8. The average molecular weight is 277 g/mol. The van der Waals surface area contributed by atoms with Crippen molar-refractivity contribution >= 4 is 46.3 Å². The summed E-state index contributed by atoms with van der Waals surface area (Å²) in [7, 11) is 0. The van der Waals surface area contributed by atoms with Crippen molar-refractivity contribution in [3.8, 4) is 0 Å². The van der Waals surface area contributed by atoms with Crippen molar-refractivity contribution in [2.75, 3.05) is 0 Å². The van der Waals surface area contributed by atoms with E-state index in [9.17, 15) is 4.79 Å². The molecule has 1 aromatic rings. The van der Waals surface area contributed by atoms with Crippen LogP contribution in [0.3, 0.4) is 0 Å². The van der Waals surface area contributed by atoms with Crippen LogP contribution < -0.4 is 11.1 Å². The quantitative estimate of drug-likeness (QED) is 0.834. The molecule has 1 aromatic carbocycles. The minimum atomic E-state index is -0.391. The van der Waals surface area contributed by atoms with Gasteiger partial charge in [0.15, 0.2) is 0 Å². The summed E-state index contributed by atoms with van der Waals surface area (Å²) in [6, 6.07) is 4.44. The number of benzene rings is 1. The van der Waals surface area contributed by atoms with Gasteiger partial charge in [-0.25, -0.2) is 0 Å². The van der Waals surface area contributed by atoms with Gasteiger partial charge in [-0.1, -0.05) is 41.5 Å². The van der Waals surface area contributed by atoms with Crippen LogP contribution in [0, 0.1) is 0 Å². The van der Waals surface area contributed by atoms with Gasteiger partial charge in [0.25, 0.3) is 5.91 Å². The summed E-state index contributed by atoms with van der Waals surface area (Å²) in [6.45, 7) is 1.69. The molecule has 3 N–H and O–H groups in total. The molecule has 86 valence electrons. The van der Waals surface area contributed by atoms with Crippen LogP contribution in [0.25, 0.3) is 0 Å². The molecule has 1 rings (SSSR count). The molecule has 0 heterocycles. The average Bonchev–Trinajstić information content (AvgIpc) is 2.21. The maximum absolute atomic E-state index is 11.8. The summed E-state index contributed by atoms with van der Waals surface area (Å²) in [6.07, 6.45) is 0. The summed E-state index contributed by atoms with van der Waals surface area (Å²) >= 11 is 16.4. The number of hydrogen-bond donors (Lipinski definition) is 2. The molecule has 0 bridgehead atoms. The summed E-state index contributed by atoms with van der Waals surface area (Å²) in [5.41, 5.74) is 5.69. The van der Waals surface area contributed by atoms with E-state index in [1.807, 2.05) is 0 Å². The first kappa shape index (κ1) is 13.2. The highest BCUT2D eigenvalue weighted by molar-refractivity contribution is 7.80. The molecule has 0 saturated carbocycles. The second kappa shape index (κ2) is 5.48. The fraction of sp³-hybridized carbons (Fsp3) is 0.200. The zero-order valence-corrected chi connectivity index (χ0v) is 10.8. The van der Waals surface area contributed by atoms with E-state index >= 15 is 0 Å². The number of thiocarbonyl (C=S) groups is 1. The minimum Gasteiger partial charge on any atom is -0.392 e. The van der Waals surface area contributed by atoms with Crippen molar-refractivity contribution in [1.29, 1.82) is 0 Å². The van der Waals surface area contributed by atoms with Gasteiger partial charge in [0, 0.05) is 0 Å². The normalized spacial score (nSPS) is 11.9. The SMILES string of the molecule is CC(NC(=O)c1cccc(Cl)c1Cl)C(N)=S. The third-order valence-corrected chi connectivity index (χ3v) is 3.14. The van der Waals surface area contributed by atoms with Crippen molar-refractivity contribution in [1.82, 2.24) is 5.32 Å². The highest BCUT2D eigenvalue weighted by Crippen LogP contribution is 2.25. The number of amides is 1. The van der Waals surface area contributed by atoms with Gasteiger partial charge < -0.3 is 11.1 Å². The van der Waals surface area contributed by atoms with Gasteiger partial charge in [0.05, 0.1) is 26.6 Å². The number of rotatable bonds is 3. The molecule has 6 heteroatoms. The zero-order chi connectivity index (χ0) is 12.3. The first-order valence-corrected chi connectivity index (χ1v) is 5.64. The van der Waals surface area contributed by atoms with Gasteiger partial charge in [0.2, 0.25) is 0 Å². The van der Waals surface area contributed by atoms with Crippen LogP contribution in [0.15, 0.2) is 18.2 Å². The van der Waals surface area contributed by atoms with Crippen LogP contribution in [0.1, 0.15) is 17.3 Å². The molecule has 0 aromatic heterocycles. The standard InChI is InChI=1S/C10H10Cl2N2OS/c1-5(9(13)16)14-10(15)6-3-2-4-7(11)8(6)12/h2-5H,1H3,(H2,13,16)(H,14,15). The van der Waals surface area contributed by atoms with E-state index in [4.69, 9.17) is 41.2 Å². The van der Waals surface area contributed by atoms with E-state index in [0.717, 1.165) is 0 Å². The summed E-state index contributed by atoms with van der Waals surface area (Å²) < 4.78 is 0. The van der Waals surface area contributed by atoms with Gasteiger partial charge in [-0.15, -0.1) is 0 Å². The van der Waals surface area contributed by atoms with E-state index in [-0.39, 0.29) is 15.9 Å². The molecule has 1 amide bonds. The predicted molar refractivity (Wildman–Crippen MR) is 70.2 cm³/mol. The van der Waals surface area contributed by atoms with Crippen molar-refractivity contribution in [3.05, 3.63) is 33.8 Å². The lowest BCUT2D eigenvalue weighted by molar-refractivity contribution is 0.0949. The molecule has 0 radical (unpaired) electrons. The molecule has 3 nitrogen and oxygen atoms in total. The number of nitrogens with two attached hydrogens (primary N) is 1. The Hall–Kier alpha value is -0.840. The largest absolute Gasteiger partial charge is 0.392 e. The third-order valence-electron chi connectivity index (χ3n) is 1.97. The number of nitrogens with one attached hydrogen (secondary N) is 1. The molecular weight excluding hydrogens is 267 g/mol. The van der Waals surface area contributed by atoms with E-state index < -0.39 is 6.04 Å². The Morgan fingerprint density at radius 2 is 2.12 bits per heavy atom. The van der Waals surface area contributed by atoms with Crippen LogP contribution in [-0.4, -0.2) is 16.9 Å². The monoisotopic (exact) mass is 276 g/mol. The number of halogens is 2. The molecule has 0 fully saturated rings. The van der Waals surface area contributed by atoms with Gasteiger partial charge in [-0.05, 0) is 19.1 Å². The highest BCUT2D eigenvalue weighted by Gasteiger charge is 2.15. The van der Waals surface area contributed by atoms with E-state index in [2.05, 4.69) is 5.32 Å². The van der Waals surface area contributed by atoms with Gasteiger partial charge >= 0.3 is 0 Å². The highest BCUT2D eigenvalue weighted by atomic mass is 35.5. The Balaban J connectivity index is 2.89. The second-order valence-electron chi connectivity index (χ2n) is 3.20.